The summed E-state index contributed by atoms with van der Waals surface area (Å²) in [4.78, 5) is 14.1. The molecule has 0 aromatic carbocycles. The van der Waals surface area contributed by atoms with E-state index in [0.29, 0.717) is 12.5 Å². The van der Waals surface area contributed by atoms with Gasteiger partial charge in [0.25, 0.3) is 0 Å². The van der Waals surface area contributed by atoms with Crippen molar-refractivity contribution >= 4 is 5.97 Å². The van der Waals surface area contributed by atoms with Crippen molar-refractivity contribution in [2.24, 2.45) is 5.92 Å². The number of likely N-dealkylation sites (tertiary alicyclic amines) is 1. The minimum Gasteiger partial charge on any atom is -0.460 e. The number of carbonyl (C=O) groups excluding carboxylic acids is 1. The molecule has 0 aromatic heterocycles. The number of nitrogens with zero attached hydrogens (tertiary/aromatic N) is 1. The highest BCUT2D eigenvalue weighted by atomic mass is 16.6. The third-order valence-corrected chi connectivity index (χ3v) is 3.53. The smallest absolute Gasteiger partial charge is 0.307 e. The number of piperidine rings is 1. The molecule has 3 heteroatoms. The molecule has 1 saturated heterocycles. The zero-order valence-electron chi connectivity index (χ0n) is 12.0. The Balaban J connectivity index is 2.32. The maximum absolute atomic E-state index is 11.6. The van der Waals surface area contributed by atoms with Crippen LogP contribution in [-0.2, 0) is 9.53 Å². The number of ether oxygens (including phenoxy) is 1. The second-order valence-corrected chi connectivity index (χ2v) is 6.23. The zero-order valence-corrected chi connectivity index (χ0v) is 12.0. The fourth-order valence-electron chi connectivity index (χ4n) is 2.36. The predicted molar refractivity (Wildman–Crippen MR) is 69.9 cm³/mol. The first kappa shape index (κ1) is 14.5. The van der Waals surface area contributed by atoms with Crippen LogP contribution in [0.4, 0.5) is 0 Å². The van der Waals surface area contributed by atoms with E-state index in [1.54, 1.807) is 0 Å². The van der Waals surface area contributed by atoms with Crippen molar-refractivity contribution in [1.82, 2.24) is 4.90 Å². The fraction of sp³-hybridized carbons (Fsp3) is 0.929. The maximum atomic E-state index is 11.6. The van der Waals surface area contributed by atoms with Gasteiger partial charge in [-0.25, -0.2) is 0 Å². The summed E-state index contributed by atoms with van der Waals surface area (Å²) in [5.41, 5.74) is -0.363. The Morgan fingerprint density at radius 1 is 1.35 bits per heavy atom. The van der Waals surface area contributed by atoms with E-state index < -0.39 is 0 Å². The highest BCUT2D eigenvalue weighted by molar-refractivity contribution is 5.70. The molecule has 100 valence electrons. The zero-order chi connectivity index (χ0) is 13.1. The third-order valence-electron chi connectivity index (χ3n) is 3.53. The van der Waals surface area contributed by atoms with Gasteiger partial charge in [-0.15, -0.1) is 0 Å². The van der Waals surface area contributed by atoms with Crippen LogP contribution in [0.3, 0.4) is 0 Å². The lowest BCUT2D eigenvalue weighted by Gasteiger charge is -2.37. The molecule has 0 saturated carbocycles. The van der Waals surface area contributed by atoms with Gasteiger partial charge < -0.3 is 4.74 Å². The van der Waals surface area contributed by atoms with Crippen LogP contribution in [0.5, 0.6) is 0 Å². The number of carbonyl (C=O) groups is 1. The van der Waals surface area contributed by atoms with E-state index in [0.717, 1.165) is 19.0 Å². The lowest BCUT2D eigenvalue weighted by molar-refractivity contribution is -0.155. The lowest BCUT2D eigenvalue weighted by Crippen LogP contribution is -2.43. The van der Waals surface area contributed by atoms with Gasteiger partial charge in [-0.3, -0.25) is 9.69 Å². The van der Waals surface area contributed by atoms with Gasteiger partial charge in [0.2, 0.25) is 0 Å². The van der Waals surface area contributed by atoms with E-state index in [1.165, 1.54) is 12.8 Å². The Kier molecular flexibility index (Phi) is 4.99. The molecule has 2 unspecified atom stereocenters. The standard InChI is InChI=1S/C14H27NO2/c1-11-7-6-9-15(12(11)2)10-8-13(16)17-14(3,4)5/h11-12H,6-10H2,1-5H3. The monoisotopic (exact) mass is 241 g/mol. The van der Waals surface area contributed by atoms with E-state index in [1.807, 2.05) is 20.8 Å². The molecule has 1 aliphatic rings. The molecule has 1 aliphatic heterocycles. The van der Waals surface area contributed by atoms with Crippen molar-refractivity contribution in [3.63, 3.8) is 0 Å². The Labute approximate surface area is 106 Å². The van der Waals surface area contributed by atoms with Gasteiger partial charge in [0.1, 0.15) is 5.60 Å². The molecular formula is C14H27NO2. The molecule has 0 aromatic rings. The van der Waals surface area contributed by atoms with E-state index in [2.05, 4.69) is 18.7 Å². The van der Waals surface area contributed by atoms with Crippen LogP contribution in [0.1, 0.15) is 53.9 Å². The number of hydrogen-bond acceptors (Lipinski definition) is 3. The molecule has 1 rings (SSSR count). The molecule has 0 amide bonds. The van der Waals surface area contributed by atoms with Crippen LogP contribution in [0.2, 0.25) is 0 Å². The van der Waals surface area contributed by atoms with Crippen molar-refractivity contribution in [1.29, 1.82) is 0 Å². The molecule has 3 nitrogen and oxygen atoms in total. The molecule has 1 fully saturated rings. The van der Waals surface area contributed by atoms with Gasteiger partial charge in [-0.1, -0.05) is 6.92 Å². The highest BCUT2D eigenvalue weighted by Crippen LogP contribution is 2.22. The fourth-order valence-corrected chi connectivity index (χ4v) is 2.36. The minimum absolute atomic E-state index is 0.0806. The summed E-state index contributed by atoms with van der Waals surface area (Å²) in [7, 11) is 0. The molecule has 0 spiro atoms. The van der Waals surface area contributed by atoms with Gasteiger partial charge >= 0.3 is 5.97 Å². The van der Waals surface area contributed by atoms with Crippen molar-refractivity contribution in [3.05, 3.63) is 0 Å². The van der Waals surface area contributed by atoms with E-state index in [4.69, 9.17) is 4.74 Å². The predicted octanol–water partition coefficient (Wildman–Crippen LogP) is 2.84. The summed E-state index contributed by atoms with van der Waals surface area (Å²) in [6, 6.07) is 0.589. The van der Waals surface area contributed by atoms with Gasteiger partial charge in [-0.05, 0) is 53.0 Å². The van der Waals surface area contributed by atoms with Crippen molar-refractivity contribution in [2.45, 2.75) is 65.5 Å². The molecule has 1 heterocycles. The van der Waals surface area contributed by atoms with E-state index >= 15 is 0 Å². The molecule has 17 heavy (non-hydrogen) atoms. The second kappa shape index (κ2) is 5.85. The summed E-state index contributed by atoms with van der Waals surface area (Å²) < 4.78 is 5.33. The lowest BCUT2D eigenvalue weighted by atomic mass is 9.92. The summed E-state index contributed by atoms with van der Waals surface area (Å²) in [6.45, 7) is 12.3. The van der Waals surface area contributed by atoms with Crippen molar-refractivity contribution in [3.8, 4) is 0 Å². The van der Waals surface area contributed by atoms with Gasteiger partial charge in [-0.2, -0.15) is 0 Å². The van der Waals surface area contributed by atoms with Gasteiger partial charge in [0.05, 0.1) is 6.42 Å². The molecule has 0 radical (unpaired) electrons. The number of esters is 1. The van der Waals surface area contributed by atoms with E-state index in [-0.39, 0.29) is 11.6 Å². The Morgan fingerprint density at radius 2 is 2.00 bits per heavy atom. The Bertz CT molecular complexity index is 257. The van der Waals surface area contributed by atoms with Crippen LogP contribution in [0.25, 0.3) is 0 Å². The molecule has 2 atom stereocenters. The maximum Gasteiger partial charge on any atom is 0.307 e. The topological polar surface area (TPSA) is 29.5 Å². The average molecular weight is 241 g/mol. The summed E-state index contributed by atoms with van der Waals surface area (Å²) in [5.74, 6) is 0.658. The van der Waals surface area contributed by atoms with Crippen molar-refractivity contribution < 1.29 is 9.53 Å². The average Bonchev–Trinajstić information content (AvgIpc) is 2.18. The Morgan fingerprint density at radius 3 is 2.59 bits per heavy atom. The molecule has 0 aliphatic carbocycles. The number of hydrogen-bond donors (Lipinski definition) is 0. The first-order chi connectivity index (χ1) is 7.79. The van der Waals surface area contributed by atoms with Gasteiger partial charge in [0, 0.05) is 12.6 Å². The van der Waals surface area contributed by atoms with Crippen LogP contribution < -0.4 is 0 Å². The van der Waals surface area contributed by atoms with Gasteiger partial charge in [0.15, 0.2) is 0 Å². The largest absolute Gasteiger partial charge is 0.460 e. The quantitative estimate of drug-likeness (QED) is 0.712. The second-order valence-electron chi connectivity index (χ2n) is 6.23. The van der Waals surface area contributed by atoms with Crippen LogP contribution in [0, 0.1) is 5.92 Å². The summed E-state index contributed by atoms with van der Waals surface area (Å²) in [6.07, 6.45) is 3.07. The van der Waals surface area contributed by atoms with Crippen molar-refractivity contribution in [2.75, 3.05) is 13.1 Å². The normalized spacial score (nSPS) is 26.9. The van der Waals surface area contributed by atoms with Crippen LogP contribution in [0.15, 0.2) is 0 Å². The highest BCUT2D eigenvalue weighted by Gasteiger charge is 2.25. The molecule has 0 bridgehead atoms. The van der Waals surface area contributed by atoms with Crippen LogP contribution in [-0.4, -0.2) is 35.6 Å². The number of rotatable bonds is 3. The first-order valence-corrected chi connectivity index (χ1v) is 6.75. The summed E-state index contributed by atoms with van der Waals surface area (Å²) in [5, 5.41) is 0. The van der Waals surface area contributed by atoms with Crippen LogP contribution >= 0.6 is 0 Å². The third kappa shape index (κ3) is 5.07. The SMILES string of the molecule is CC1CCCN(CCC(=O)OC(C)(C)C)C1C. The summed E-state index contributed by atoms with van der Waals surface area (Å²) >= 11 is 0. The first-order valence-electron chi connectivity index (χ1n) is 6.75. The van der Waals surface area contributed by atoms with E-state index in [9.17, 15) is 4.79 Å². The minimum atomic E-state index is -0.363. The Hall–Kier alpha value is -0.570. The molecular weight excluding hydrogens is 214 g/mol. The molecule has 0 N–H and O–H groups in total.